The summed E-state index contributed by atoms with van der Waals surface area (Å²) in [5.41, 5.74) is 8.68. The van der Waals surface area contributed by atoms with Crippen molar-refractivity contribution < 1.29 is 27.9 Å². The first-order valence-electron chi connectivity index (χ1n) is 9.37. The van der Waals surface area contributed by atoms with E-state index in [1.165, 1.54) is 0 Å². The van der Waals surface area contributed by atoms with E-state index in [1.54, 1.807) is 11.7 Å². The highest BCUT2D eigenvalue weighted by Crippen LogP contribution is 2.18. The molecule has 2 aromatic heterocycles. The van der Waals surface area contributed by atoms with Crippen molar-refractivity contribution in [2.24, 2.45) is 12.8 Å². The zero-order valence-corrected chi connectivity index (χ0v) is 17.3. The number of anilines is 1. The zero-order chi connectivity index (χ0) is 24.1. The number of aromatic amines is 1. The molecule has 0 spiro atoms. The molecule has 0 fully saturated rings. The summed E-state index contributed by atoms with van der Waals surface area (Å²) < 4.78 is 33.4. The van der Waals surface area contributed by atoms with Gasteiger partial charge in [-0.05, 0) is 30.9 Å². The lowest BCUT2D eigenvalue weighted by atomic mass is 10.1. The molecule has 0 unspecified atom stereocenters. The maximum absolute atomic E-state index is 12.2. The molecule has 0 atom stereocenters. The number of pyridine rings is 1. The van der Waals surface area contributed by atoms with Crippen molar-refractivity contribution >= 4 is 28.6 Å². The molecule has 0 bridgehead atoms. The molecule has 0 saturated heterocycles. The molecule has 32 heavy (non-hydrogen) atoms. The molecule has 0 saturated carbocycles. The van der Waals surface area contributed by atoms with E-state index in [0.717, 1.165) is 22.2 Å². The van der Waals surface area contributed by atoms with E-state index in [0.29, 0.717) is 24.3 Å². The number of rotatable bonds is 5. The summed E-state index contributed by atoms with van der Waals surface area (Å²) in [6.07, 6.45) is -4.53. The van der Waals surface area contributed by atoms with Gasteiger partial charge in [0.1, 0.15) is 0 Å². The van der Waals surface area contributed by atoms with Gasteiger partial charge in [-0.2, -0.15) is 18.3 Å². The fraction of sp³-hybridized carbons (Fsp3) is 0.300. The van der Waals surface area contributed by atoms with E-state index in [9.17, 15) is 22.8 Å². The molecule has 9 nitrogen and oxygen atoms in total. The number of aromatic nitrogens is 3. The number of hydrogen-bond acceptors (Lipinski definition) is 5. The van der Waals surface area contributed by atoms with Crippen LogP contribution in [0.25, 0.3) is 10.9 Å². The van der Waals surface area contributed by atoms with Gasteiger partial charge in [-0.25, -0.2) is 4.79 Å². The second kappa shape index (κ2) is 10.1. The van der Waals surface area contributed by atoms with Crippen LogP contribution in [0.4, 0.5) is 19.0 Å². The number of carboxylic acid groups (broad SMARTS) is 1. The average Bonchev–Trinajstić information content (AvgIpc) is 2.98. The van der Waals surface area contributed by atoms with Crippen molar-refractivity contribution in [1.82, 2.24) is 14.8 Å². The molecular weight excluding hydrogens is 431 g/mol. The second-order valence-electron chi connectivity index (χ2n) is 6.80. The Morgan fingerprint density at radius 2 is 1.91 bits per heavy atom. The third kappa shape index (κ3) is 6.17. The Morgan fingerprint density at radius 3 is 2.50 bits per heavy atom. The number of carbonyl (C=O) groups excluding carboxylic acids is 1. The fourth-order valence-corrected chi connectivity index (χ4v) is 2.82. The predicted molar refractivity (Wildman–Crippen MR) is 111 cm³/mol. The second-order valence-corrected chi connectivity index (χ2v) is 6.80. The highest BCUT2D eigenvalue weighted by molar-refractivity contribution is 5.90. The average molecular weight is 453 g/mol. The number of alkyl halides is 3. The number of halogens is 3. The van der Waals surface area contributed by atoms with Crippen LogP contribution in [0.3, 0.4) is 0 Å². The Balaban J connectivity index is 0.000000451. The molecule has 3 aromatic rings. The maximum atomic E-state index is 12.2. The number of para-hydroxylation sites is 1. The molecule has 0 aliphatic heterocycles. The fourth-order valence-electron chi connectivity index (χ4n) is 2.82. The van der Waals surface area contributed by atoms with E-state index < -0.39 is 12.1 Å². The summed E-state index contributed by atoms with van der Waals surface area (Å²) in [6, 6.07) is 9.39. The molecule has 1 aromatic carbocycles. The number of nitrogens with zero attached hydrogens (tertiary/aromatic N) is 2. The Kier molecular flexibility index (Phi) is 7.76. The van der Waals surface area contributed by atoms with Gasteiger partial charge in [0.15, 0.2) is 5.82 Å². The van der Waals surface area contributed by atoms with Gasteiger partial charge in [0.25, 0.3) is 5.56 Å². The van der Waals surface area contributed by atoms with Gasteiger partial charge in [-0.1, -0.05) is 18.2 Å². The first-order chi connectivity index (χ1) is 14.9. The lowest BCUT2D eigenvalue weighted by Crippen LogP contribution is -2.21. The monoisotopic (exact) mass is 453 g/mol. The van der Waals surface area contributed by atoms with E-state index >= 15 is 0 Å². The number of fused-ring (bicyclic) bond motifs is 1. The molecule has 3 rings (SSSR count). The summed E-state index contributed by atoms with van der Waals surface area (Å²) in [5.74, 6) is -2.47. The van der Waals surface area contributed by atoms with Crippen molar-refractivity contribution in [3.05, 3.63) is 57.5 Å². The number of aryl methyl sites for hydroxylation is 2. The van der Waals surface area contributed by atoms with E-state index in [1.807, 2.05) is 37.3 Å². The van der Waals surface area contributed by atoms with Crippen LogP contribution < -0.4 is 16.6 Å². The van der Waals surface area contributed by atoms with Crippen LogP contribution in [0.2, 0.25) is 0 Å². The first-order valence-corrected chi connectivity index (χ1v) is 9.37. The minimum absolute atomic E-state index is 0.164. The summed E-state index contributed by atoms with van der Waals surface area (Å²) in [5, 5.41) is 15.1. The third-order valence-corrected chi connectivity index (χ3v) is 4.61. The molecule has 172 valence electrons. The standard InChI is InChI=1S/C18H21N5O2.C2HF3O2/c1-11-14(10-19)17(22-23(11)2)21-16(24)8-7-13-9-12-5-3-4-6-15(12)20-18(13)25;3-2(4,5)1(6)7/h3-6,9H,7-8,10,19H2,1-2H3,(H,20,25)(H,21,22,24);(H,6,7). The number of aliphatic carboxylic acids is 1. The Morgan fingerprint density at radius 1 is 1.28 bits per heavy atom. The van der Waals surface area contributed by atoms with Crippen molar-refractivity contribution in [1.29, 1.82) is 0 Å². The smallest absolute Gasteiger partial charge is 0.475 e. The minimum Gasteiger partial charge on any atom is -0.475 e. The number of nitrogens with two attached hydrogens (primary N) is 1. The third-order valence-electron chi connectivity index (χ3n) is 4.61. The maximum Gasteiger partial charge on any atom is 0.490 e. The molecular formula is C20H22F3N5O4. The number of benzene rings is 1. The Hall–Kier alpha value is -3.67. The summed E-state index contributed by atoms with van der Waals surface area (Å²) in [4.78, 5) is 36.1. The zero-order valence-electron chi connectivity index (χ0n) is 17.3. The van der Waals surface area contributed by atoms with Crippen molar-refractivity contribution in [3.63, 3.8) is 0 Å². The van der Waals surface area contributed by atoms with Crippen LogP contribution in [0.5, 0.6) is 0 Å². The van der Waals surface area contributed by atoms with Crippen molar-refractivity contribution in [2.75, 3.05) is 5.32 Å². The Labute approximate surface area is 180 Å². The largest absolute Gasteiger partial charge is 0.490 e. The number of carbonyl (C=O) groups is 2. The van der Waals surface area contributed by atoms with Gasteiger partial charge < -0.3 is 21.1 Å². The minimum atomic E-state index is -5.08. The lowest BCUT2D eigenvalue weighted by Gasteiger charge is -2.05. The Bertz CT molecular complexity index is 1180. The van der Waals surface area contributed by atoms with E-state index in [-0.39, 0.29) is 17.9 Å². The van der Waals surface area contributed by atoms with Gasteiger partial charge in [0.2, 0.25) is 5.91 Å². The molecule has 0 aliphatic rings. The number of amides is 1. The topological polar surface area (TPSA) is 143 Å². The molecule has 5 N–H and O–H groups in total. The normalized spacial score (nSPS) is 11.1. The summed E-state index contributed by atoms with van der Waals surface area (Å²) >= 11 is 0. The molecule has 12 heteroatoms. The van der Waals surface area contributed by atoms with Crippen LogP contribution in [-0.2, 0) is 29.6 Å². The van der Waals surface area contributed by atoms with Gasteiger partial charge >= 0.3 is 12.1 Å². The molecule has 0 aliphatic carbocycles. The van der Waals surface area contributed by atoms with Crippen LogP contribution in [-0.4, -0.2) is 37.9 Å². The first kappa shape index (κ1) is 24.6. The van der Waals surface area contributed by atoms with Crippen molar-refractivity contribution in [3.8, 4) is 0 Å². The number of carboxylic acids is 1. The number of hydrogen-bond donors (Lipinski definition) is 4. The van der Waals surface area contributed by atoms with Crippen LogP contribution in [0.15, 0.2) is 35.1 Å². The molecule has 1 amide bonds. The van der Waals surface area contributed by atoms with Gasteiger partial charge in [-0.3, -0.25) is 14.3 Å². The number of nitrogens with one attached hydrogen (secondary N) is 2. The highest BCUT2D eigenvalue weighted by atomic mass is 19.4. The quantitative estimate of drug-likeness (QED) is 0.467. The van der Waals surface area contributed by atoms with Crippen LogP contribution in [0, 0.1) is 6.92 Å². The van der Waals surface area contributed by atoms with Crippen LogP contribution >= 0.6 is 0 Å². The van der Waals surface area contributed by atoms with Gasteiger partial charge in [0, 0.05) is 42.4 Å². The highest BCUT2D eigenvalue weighted by Gasteiger charge is 2.38. The lowest BCUT2D eigenvalue weighted by molar-refractivity contribution is -0.192. The number of H-pyrrole nitrogens is 1. The van der Waals surface area contributed by atoms with E-state index in [2.05, 4.69) is 15.4 Å². The molecule has 2 heterocycles. The predicted octanol–water partition coefficient (Wildman–Crippen LogP) is 2.23. The summed E-state index contributed by atoms with van der Waals surface area (Å²) in [6.45, 7) is 2.21. The van der Waals surface area contributed by atoms with Gasteiger partial charge in [0.05, 0.1) is 0 Å². The molecule has 0 radical (unpaired) electrons. The van der Waals surface area contributed by atoms with Crippen molar-refractivity contribution in [2.45, 2.75) is 32.5 Å². The van der Waals surface area contributed by atoms with Crippen LogP contribution in [0.1, 0.15) is 23.2 Å². The van der Waals surface area contributed by atoms with E-state index in [4.69, 9.17) is 15.6 Å². The summed E-state index contributed by atoms with van der Waals surface area (Å²) in [7, 11) is 1.80. The van der Waals surface area contributed by atoms with Gasteiger partial charge in [-0.15, -0.1) is 0 Å². The SMILES string of the molecule is Cc1c(CN)c(NC(=O)CCc2cc3ccccc3[nH]c2=O)nn1C.O=C(O)C(F)(F)F.